The first kappa shape index (κ1) is 14.3. The van der Waals surface area contributed by atoms with Gasteiger partial charge in [-0.15, -0.1) is 0 Å². The quantitative estimate of drug-likeness (QED) is 0.885. The molecule has 1 unspecified atom stereocenters. The fourth-order valence-electron chi connectivity index (χ4n) is 2.54. The summed E-state index contributed by atoms with van der Waals surface area (Å²) in [5, 5.41) is 12.2. The maximum absolute atomic E-state index is 12.1. The number of aromatic nitrogens is 1. The molecule has 2 N–H and O–H groups in total. The van der Waals surface area contributed by atoms with E-state index < -0.39 is 11.4 Å². The van der Waals surface area contributed by atoms with Crippen LogP contribution in [-0.2, 0) is 4.79 Å². The number of carboxylic acid groups (broad SMARTS) is 1. The number of carbonyl (C=O) groups excluding carboxylic acids is 1. The molecule has 2 amide bonds. The Labute approximate surface area is 117 Å². The SMILES string of the molecule is CC(C)C1(C(=O)O)CCN(C(=O)Nc2cccnc2)C1. The van der Waals surface area contributed by atoms with E-state index in [4.69, 9.17) is 0 Å². The lowest BCUT2D eigenvalue weighted by molar-refractivity contribution is -0.150. The molecule has 1 fully saturated rings. The molecule has 0 radical (unpaired) electrons. The van der Waals surface area contributed by atoms with E-state index in [-0.39, 0.29) is 18.5 Å². The van der Waals surface area contributed by atoms with Gasteiger partial charge < -0.3 is 15.3 Å². The van der Waals surface area contributed by atoms with Crippen molar-refractivity contribution in [3.63, 3.8) is 0 Å². The lowest BCUT2D eigenvalue weighted by atomic mass is 9.76. The van der Waals surface area contributed by atoms with Gasteiger partial charge in [0.1, 0.15) is 0 Å². The van der Waals surface area contributed by atoms with Gasteiger partial charge in [-0.2, -0.15) is 0 Å². The Morgan fingerprint density at radius 2 is 2.25 bits per heavy atom. The number of carboxylic acids is 1. The Bertz CT molecular complexity index is 504. The highest BCUT2D eigenvalue weighted by Crippen LogP contribution is 2.38. The molecule has 1 aliphatic rings. The van der Waals surface area contributed by atoms with Crippen LogP contribution in [0.1, 0.15) is 20.3 Å². The van der Waals surface area contributed by atoms with Crippen LogP contribution in [0.15, 0.2) is 24.5 Å². The van der Waals surface area contributed by atoms with Crippen LogP contribution < -0.4 is 5.32 Å². The van der Waals surface area contributed by atoms with Crippen molar-refractivity contribution in [2.45, 2.75) is 20.3 Å². The van der Waals surface area contributed by atoms with Crippen LogP contribution in [0.25, 0.3) is 0 Å². The molecule has 1 aromatic heterocycles. The summed E-state index contributed by atoms with van der Waals surface area (Å²) in [5.74, 6) is -0.847. The highest BCUT2D eigenvalue weighted by Gasteiger charge is 2.48. The van der Waals surface area contributed by atoms with Crippen molar-refractivity contribution in [2.75, 3.05) is 18.4 Å². The average Bonchev–Trinajstić information content (AvgIpc) is 2.86. The standard InChI is InChI=1S/C14H19N3O3/c1-10(2)14(12(18)19)5-7-17(9-14)13(20)16-11-4-3-6-15-8-11/h3-4,6,8,10H,5,7,9H2,1-2H3,(H,16,20)(H,18,19). The Balaban J connectivity index is 2.05. The number of nitrogens with zero attached hydrogens (tertiary/aromatic N) is 2. The molecule has 2 rings (SSSR count). The third-order valence-electron chi connectivity index (χ3n) is 4.03. The van der Waals surface area contributed by atoms with Crippen molar-refractivity contribution in [3.05, 3.63) is 24.5 Å². The first-order valence-corrected chi connectivity index (χ1v) is 6.65. The van der Waals surface area contributed by atoms with Crippen molar-refractivity contribution in [3.8, 4) is 0 Å². The second kappa shape index (κ2) is 5.48. The second-order valence-electron chi connectivity index (χ2n) is 5.46. The van der Waals surface area contributed by atoms with Crippen molar-refractivity contribution < 1.29 is 14.7 Å². The Hall–Kier alpha value is -2.11. The summed E-state index contributed by atoms with van der Waals surface area (Å²) in [6.45, 7) is 4.47. The normalized spacial score (nSPS) is 22.1. The van der Waals surface area contributed by atoms with E-state index in [1.165, 1.54) is 0 Å². The summed E-state index contributed by atoms with van der Waals surface area (Å²) in [6, 6.07) is 3.20. The van der Waals surface area contributed by atoms with Crippen LogP contribution in [0, 0.1) is 11.3 Å². The zero-order chi connectivity index (χ0) is 14.8. The number of urea groups is 1. The fraction of sp³-hybridized carbons (Fsp3) is 0.500. The van der Waals surface area contributed by atoms with Gasteiger partial charge in [-0.3, -0.25) is 9.78 Å². The van der Waals surface area contributed by atoms with Crippen LogP contribution >= 0.6 is 0 Å². The highest BCUT2D eigenvalue weighted by atomic mass is 16.4. The number of pyridine rings is 1. The summed E-state index contributed by atoms with van der Waals surface area (Å²) >= 11 is 0. The minimum Gasteiger partial charge on any atom is -0.481 e. The molecule has 0 bridgehead atoms. The number of likely N-dealkylation sites (tertiary alicyclic amines) is 1. The fourth-order valence-corrected chi connectivity index (χ4v) is 2.54. The molecule has 1 aliphatic heterocycles. The molecule has 2 heterocycles. The number of aliphatic carboxylic acids is 1. The van der Waals surface area contributed by atoms with Crippen LogP contribution in [-0.4, -0.2) is 40.1 Å². The minimum absolute atomic E-state index is 0.0174. The molecule has 1 atom stereocenters. The molecule has 0 spiro atoms. The van der Waals surface area contributed by atoms with Gasteiger partial charge in [0.05, 0.1) is 17.3 Å². The summed E-state index contributed by atoms with van der Waals surface area (Å²) < 4.78 is 0. The Kier molecular flexibility index (Phi) is 3.92. The van der Waals surface area contributed by atoms with Crippen LogP contribution in [0.4, 0.5) is 10.5 Å². The third-order valence-corrected chi connectivity index (χ3v) is 4.03. The maximum atomic E-state index is 12.1. The largest absolute Gasteiger partial charge is 0.481 e. The van der Waals surface area contributed by atoms with Crippen molar-refractivity contribution in [1.82, 2.24) is 9.88 Å². The van der Waals surface area contributed by atoms with E-state index in [9.17, 15) is 14.7 Å². The molecule has 1 aromatic rings. The van der Waals surface area contributed by atoms with E-state index in [0.717, 1.165) is 0 Å². The first-order chi connectivity index (χ1) is 9.45. The van der Waals surface area contributed by atoms with Gasteiger partial charge >= 0.3 is 12.0 Å². The molecule has 108 valence electrons. The van der Waals surface area contributed by atoms with E-state index in [2.05, 4.69) is 10.3 Å². The summed E-state index contributed by atoms with van der Waals surface area (Å²) in [4.78, 5) is 29.1. The molecule has 6 nitrogen and oxygen atoms in total. The molecule has 0 saturated carbocycles. The summed E-state index contributed by atoms with van der Waals surface area (Å²) in [7, 11) is 0. The van der Waals surface area contributed by atoms with E-state index in [0.29, 0.717) is 18.7 Å². The summed E-state index contributed by atoms with van der Waals surface area (Å²) in [6.07, 6.45) is 3.67. The number of hydrogen-bond acceptors (Lipinski definition) is 3. The predicted octanol–water partition coefficient (Wildman–Crippen LogP) is 2.05. The van der Waals surface area contributed by atoms with Crippen molar-refractivity contribution in [1.29, 1.82) is 0 Å². The van der Waals surface area contributed by atoms with Gasteiger partial charge in [0.2, 0.25) is 0 Å². The van der Waals surface area contributed by atoms with Gasteiger partial charge in [-0.25, -0.2) is 4.79 Å². The molecule has 6 heteroatoms. The lowest BCUT2D eigenvalue weighted by Gasteiger charge is -2.28. The number of amides is 2. The third kappa shape index (κ3) is 2.59. The Morgan fingerprint density at radius 3 is 2.75 bits per heavy atom. The van der Waals surface area contributed by atoms with Crippen LogP contribution in [0.3, 0.4) is 0 Å². The first-order valence-electron chi connectivity index (χ1n) is 6.65. The highest BCUT2D eigenvalue weighted by molar-refractivity contribution is 5.90. The number of carbonyl (C=O) groups is 2. The van der Waals surface area contributed by atoms with Crippen molar-refractivity contribution in [2.24, 2.45) is 11.3 Å². The van der Waals surface area contributed by atoms with Gasteiger partial charge in [0.15, 0.2) is 0 Å². The maximum Gasteiger partial charge on any atom is 0.321 e. The number of hydrogen-bond donors (Lipinski definition) is 2. The number of nitrogens with one attached hydrogen (secondary N) is 1. The van der Waals surface area contributed by atoms with E-state index in [1.54, 1.807) is 29.4 Å². The molecule has 20 heavy (non-hydrogen) atoms. The zero-order valence-corrected chi connectivity index (χ0v) is 11.7. The monoisotopic (exact) mass is 277 g/mol. The number of rotatable bonds is 3. The number of anilines is 1. The van der Waals surface area contributed by atoms with Crippen LogP contribution in [0.5, 0.6) is 0 Å². The molecule has 0 aliphatic carbocycles. The smallest absolute Gasteiger partial charge is 0.321 e. The molecular weight excluding hydrogens is 258 g/mol. The van der Waals surface area contributed by atoms with E-state index in [1.807, 2.05) is 13.8 Å². The van der Waals surface area contributed by atoms with Gasteiger partial charge in [-0.1, -0.05) is 13.8 Å². The summed E-state index contributed by atoms with van der Waals surface area (Å²) in [5.41, 5.74) is -0.235. The molecular formula is C14H19N3O3. The van der Waals surface area contributed by atoms with Crippen LogP contribution in [0.2, 0.25) is 0 Å². The second-order valence-corrected chi connectivity index (χ2v) is 5.46. The van der Waals surface area contributed by atoms with Gasteiger partial charge in [-0.05, 0) is 24.5 Å². The van der Waals surface area contributed by atoms with Crippen molar-refractivity contribution >= 4 is 17.7 Å². The topological polar surface area (TPSA) is 82.5 Å². The zero-order valence-electron chi connectivity index (χ0n) is 11.7. The molecule has 0 aromatic carbocycles. The predicted molar refractivity (Wildman–Crippen MR) is 74.4 cm³/mol. The lowest BCUT2D eigenvalue weighted by Crippen LogP contribution is -2.41. The van der Waals surface area contributed by atoms with Gasteiger partial charge in [0, 0.05) is 19.3 Å². The molecule has 1 saturated heterocycles. The van der Waals surface area contributed by atoms with E-state index >= 15 is 0 Å². The Morgan fingerprint density at radius 1 is 1.50 bits per heavy atom. The average molecular weight is 277 g/mol. The van der Waals surface area contributed by atoms with Gasteiger partial charge in [0.25, 0.3) is 0 Å². The minimum atomic E-state index is -0.841.